The molecule has 1 unspecified atom stereocenters. The molecule has 3 N–H and O–H groups in total. The molecule has 0 saturated heterocycles. The van der Waals surface area contributed by atoms with Crippen molar-refractivity contribution in [1.82, 2.24) is 15.5 Å². The molecule has 0 aliphatic carbocycles. The Morgan fingerprint density at radius 1 is 1.03 bits per heavy atom. The van der Waals surface area contributed by atoms with Crippen molar-refractivity contribution in [2.45, 2.75) is 26.3 Å². The molecule has 7 heteroatoms. The van der Waals surface area contributed by atoms with Crippen molar-refractivity contribution in [3.63, 3.8) is 0 Å². The molecule has 0 radical (unpaired) electrons. The van der Waals surface area contributed by atoms with Crippen LogP contribution >= 0.6 is 24.0 Å². The van der Waals surface area contributed by atoms with Crippen LogP contribution in [0.3, 0.4) is 0 Å². The number of ether oxygens (including phenoxy) is 1. The smallest absolute Gasteiger partial charge is 0.191 e. The van der Waals surface area contributed by atoms with Gasteiger partial charge in [0, 0.05) is 32.6 Å². The third-order valence-corrected chi connectivity index (χ3v) is 5.18. The van der Waals surface area contributed by atoms with Crippen molar-refractivity contribution in [2.75, 3.05) is 46.4 Å². The summed E-state index contributed by atoms with van der Waals surface area (Å²) < 4.78 is 5.84. The third-order valence-electron chi connectivity index (χ3n) is 5.18. The normalized spacial score (nSPS) is 12.2. The van der Waals surface area contributed by atoms with E-state index in [9.17, 15) is 5.11 Å². The predicted octanol–water partition coefficient (Wildman–Crippen LogP) is 3.47. The Morgan fingerprint density at radius 3 is 2.29 bits per heavy atom. The average molecular weight is 540 g/mol. The van der Waals surface area contributed by atoms with Crippen molar-refractivity contribution in [3.05, 3.63) is 65.7 Å². The molecule has 0 aromatic heterocycles. The predicted molar refractivity (Wildman–Crippen MR) is 140 cm³/mol. The number of hydrogen-bond donors (Lipinski definition) is 3. The van der Waals surface area contributed by atoms with Gasteiger partial charge in [0.1, 0.15) is 12.4 Å². The molecule has 0 fully saturated rings. The van der Waals surface area contributed by atoms with Crippen LogP contribution in [-0.4, -0.2) is 62.4 Å². The highest BCUT2D eigenvalue weighted by molar-refractivity contribution is 14.0. The summed E-state index contributed by atoms with van der Waals surface area (Å²) in [7, 11) is 1.75. The first-order chi connectivity index (χ1) is 14.7. The number of aliphatic hydroxyl groups excluding tert-OH is 1. The number of guanidine groups is 1. The monoisotopic (exact) mass is 540 g/mol. The molecule has 1 atom stereocenters. The second kappa shape index (κ2) is 15.9. The van der Waals surface area contributed by atoms with E-state index in [1.807, 2.05) is 42.5 Å². The Morgan fingerprint density at radius 2 is 1.71 bits per heavy atom. The minimum absolute atomic E-state index is 0. The van der Waals surface area contributed by atoms with Crippen LogP contribution in [0.5, 0.6) is 5.75 Å². The van der Waals surface area contributed by atoms with Crippen LogP contribution in [0.15, 0.2) is 59.6 Å². The summed E-state index contributed by atoms with van der Waals surface area (Å²) in [5.74, 6) is 1.63. The van der Waals surface area contributed by atoms with E-state index in [-0.39, 0.29) is 36.5 Å². The highest BCUT2D eigenvalue weighted by Crippen LogP contribution is 2.14. The number of rotatable bonds is 12. The molecular weight excluding hydrogens is 503 g/mol. The Hall–Kier alpha value is -1.84. The van der Waals surface area contributed by atoms with E-state index in [0.29, 0.717) is 25.7 Å². The molecule has 0 heterocycles. The molecule has 172 valence electrons. The first-order valence-electron chi connectivity index (χ1n) is 10.7. The zero-order valence-corrected chi connectivity index (χ0v) is 21.2. The van der Waals surface area contributed by atoms with Gasteiger partial charge in [-0.25, -0.2) is 0 Å². The minimum Gasteiger partial charge on any atom is -0.492 e. The van der Waals surface area contributed by atoms with Gasteiger partial charge in [0.25, 0.3) is 0 Å². The summed E-state index contributed by atoms with van der Waals surface area (Å²) >= 11 is 0. The van der Waals surface area contributed by atoms with Crippen molar-refractivity contribution in [3.8, 4) is 5.75 Å². The zero-order valence-electron chi connectivity index (χ0n) is 18.9. The fourth-order valence-electron chi connectivity index (χ4n) is 3.18. The molecule has 31 heavy (non-hydrogen) atoms. The first kappa shape index (κ1) is 27.2. The van der Waals surface area contributed by atoms with Crippen molar-refractivity contribution in [2.24, 2.45) is 4.99 Å². The van der Waals surface area contributed by atoms with Gasteiger partial charge in [-0.05, 0) is 36.3 Å². The topological polar surface area (TPSA) is 69.1 Å². The van der Waals surface area contributed by atoms with Gasteiger partial charge in [0.15, 0.2) is 5.96 Å². The van der Waals surface area contributed by atoms with Gasteiger partial charge in [-0.1, -0.05) is 56.3 Å². The molecule has 2 rings (SSSR count). The lowest BCUT2D eigenvalue weighted by atomic mass is 10.0. The second-order valence-corrected chi connectivity index (χ2v) is 7.12. The highest BCUT2D eigenvalue weighted by Gasteiger charge is 2.10. The summed E-state index contributed by atoms with van der Waals surface area (Å²) in [6.07, 6.45) is 0. The van der Waals surface area contributed by atoms with E-state index in [2.05, 4.69) is 46.5 Å². The van der Waals surface area contributed by atoms with Gasteiger partial charge in [0.2, 0.25) is 0 Å². The molecule has 2 aromatic rings. The summed E-state index contributed by atoms with van der Waals surface area (Å²) in [6, 6.07) is 18.2. The van der Waals surface area contributed by atoms with Crippen molar-refractivity contribution < 1.29 is 9.84 Å². The standard InChI is InChI=1S/C24H36N4O2.HI/c1-4-28(5-2)15-16-30-23-13-11-20(12-14-23)17-26-24(25-3)27-18-22(19-29)21-9-7-6-8-10-21;/h6-14,22,29H,4-5,15-19H2,1-3H3,(H2,25,26,27);1H. The first-order valence-corrected chi connectivity index (χ1v) is 10.7. The second-order valence-electron chi connectivity index (χ2n) is 7.12. The van der Waals surface area contributed by atoms with Crippen molar-refractivity contribution >= 4 is 29.9 Å². The van der Waals surface area contributed by atoms with E-state index in [0.717, 1.165) is 36.5 Å². The number of benzene rings is 2. The Labute approximate surface area is 204 Å². The maximum absolute atomic E-state index is 9.70. The maximum atomic E-state index is 9.70. The van der Waals surface area contributed by atoms with Gasteiger partial charge in [-0.3, -0.25) is 4.99 Å². The number of likely N-dealkylation sites (N-methyl/N-ethyl adjacent to an activating group) is 1. The van der Waals surface area contributed by atoms with Gasteiger partial charge >= 0.3 is 0 Å². The highest BCUT2D eigenvalue weighted by atomic mass is 127. The molecular formula is C24H37IN4O2. The van der Waals surface area contributed by atoms with Crippen LogP contribution in [0.25, 0.3) is 0 Å². The molecule has 2 aromatic carbocycles. The van der Waals surface area contributed by atoms with Crippen LogP contribution < -0.4 is 15.4 Å². The van der Waals surface area contributed by atoms with Crippen LogP contribution in [-0.2, 0) is 6.54 Å². The number of nitrogens with zero attached hydrogens (tertiary/aromatic N) is 2. The molecule has 0 aliphatic rings. The van der Waals surface area contributed by atoms with Crippen LogP contribution in [0.4, 0.5) is 0 Å². The summed E-state index contributed by atoms with van der Waals surface area (Å²) in [5, 5.41) is 16.3. The van der Waals surface area contributed by atoms with Gasteiger partial charge in [0.05, 0.1) is 6.61 Å². The SMILES string of the molecule is CCN(CC)CCOc1ccc(CNC(=NC)NCC(CO)c2ccccc2)cc1.I. The van der Waals surface area contributed by atoms with E-state index in [1.54, 1.807) is 7.05 Å². The van der Waals surface area contributed by atoms with Gasteiger partial charge in [-0.15, -0.1) is 24.0 Å². The Kier molecular flexibility index (Phi) is 13.9. The lowest BCUT2D eigenvalue weighted by molar-refractivity contribution is 0.223. The molecule has 6 nitrogen and oxygen atoms in total. The quantitative estimate of drug-likeness (QED) is 0.219. The summed E-state index contributed by atoms with van der Waals surface area (Å²) in [5.41, 5.74) is 2.26. The number of hydrogen-bond acceptors (Lipinski definition) is 4. The molecule has 0 spiro atoms. The Bertz CT molecular complexity index is 737. The average Bonchev–Trinajstić information content (AvgIpc) is 2.80. The molecule has 0 saturated carbocycles. The third kappa shape index (κ3) is 9.88. The minimum atomic E-state index is 0. The zero-order chi connectivity index (χ0) is 21.6. The van der Waals surface area contributed by atoms with E-state index in [1.165, 1.54) is 0 Å². The van der Waals surface area contributed by atoms with Crippen LogP contribution in [0.2, 0.25) is 0 Å². The number of halogens is 1. The van der Waals surface area contributed by atoms with E-state index in [4.69, 9.17) is 4.74 Å². The molecule has 0 bridgehead atoms. The van der Waals surface area contributed by atoms with E-state index >= 15 is 0 Å². The van der Waals surface area contributed by atoms with Crippen LogP contribution in [0, 0.1) is 0 Å². The Balaban J connectivity index is 0.00000480. The molecule has 0 aliphatic heterocycles. The fraction of sp³-hybridized carbons (Fsp3) is 0.458. The van der Waals surface area contributed by atoms with Crippen LogP contribution in [0.1, 0.15) is 30.9 Å². The maximum Gasteiger partial charge on any atom is 0.191 e. The lowest BCUT2D eigenvalue weighted by Gasteiger charge is -2.18. The number of aliphatic hydroxyl groups is 1. The van der Waals surface area contributed by atoms with E-state index < -0.39 is 0 Å². The van der Waals surface area contributed by atoms with Gasteiger partial charge < -0.3 is 25.4 Å². The summed E-state index contributed by atoms with van der Waals surface area (Å²) in [4.78, 5) is 6.62. The summed E-state index contributed by atoms with van der Waals surface area (Å²) in [6.45, 7) is 9.42. The van der Waals surface area contributed by atoms with Gasteiger partial charge in [-0.2, -0.15) is 0 Å². The fourth-order valence-corrected chi connectivity index (χ4v) is 3.18. The lowest BCUT2D eigenvalue weighted by Crippen LogP contribution is -2.39. The largest absolute Gasteiger partial charge is 0.492 e. The number of nitrogens with one attached hydrogen (secondary N) is 2. The molecule has 0 amide bonds. The van der Waals surface area contributed by atoms with Crippen molar-refractivity contribution in [1.29, 1.82) is 0 Å². The number of aliphatic imine (C=N–C) groups is 1.